The molecule has 0 aliphatic heterocycles. The van der Waals surface area contributed by atoms with Crippen molar-refractivity contribution in [3.8, 4) is 16.9 Å². The van der Waals surface area contributed by atoms with Crippen LogP contribution in [0.2, 0.25) is 0 Å². The predicted molar refractivity (Wildman–Crippen MR) is 87.1 cm³/mol. The first-order valence-corrected chi connectivity index (χ1v) is 7.06. The lowest BCUT2D eigenvalue weighted by atomic mass is 10.0. The highest BCUT2D eigenvalue weighted by Gasteiger charge is 2.18. The molecular weight excluding hydrogens is 295 g/mol. The van der Waals surface area contributed by atoms with Crippen LogP contribution in [0.4, 0.5) is 10.1 Å². The Balaban J connectivity index is 2.09. The summed E-state index contributed by atoms with van der Waals surface area (Å²) in [6, 6.07) is 14.0. The minimum Gasteiger partial charge on any atom is -0.492 e. The zero-order chi connectivity index (χ0) is 16.2. The van der Waals surface area contributed by atoms with Crippen LogP contribution >= 0.6 is 0 Å². The number of amides is 1. The van der Waals surface area contributed by atoms with E-state index < -0.39 is 5.82 Å². The lowest BCUT2D eigenvalue weighted by Crippen LogP contribution is -2.13. The molecule has 0 radical (unpaired) electrons. The molecule has 0 aliphatic carbocycles. The van der Waals surface area contributed by atoms with Gasteiger partial charge in [0.1, 0.15) is 0 Å². The van der Waals surface area contributed by atoms with E-state index in [1.807, 2.05) is 30.3 Å². The van der Waals surface area contributed by atoms with Gasteiger partial charge in [-0.25, -0.2) is 4.39 Å². The summed E-state index contributed by atoms with van der Waals surface area (Å²) in [7, 11) is 1.37. The van der Waals surface area contributed by atoms with E-state index in [1.54, 1.807) is 24.5 Å². The number of nitrogens with one attached hydrogen (secondary N) is 2. The van der Waals surface area contributed by atoms with Crippen molar-refractivity contribution in [2.75, 3.05) is 12.4 Å². The SMILES string of the molecule is COc1c(F)ccc(-c2ccccc2)c1NC(=O)c1cc[nH]c1. The normalized spacial score (nSPS) is 10.3. The van der Waals surface area contributed by atoms with Crippen molar-refractivity contribution in [3.63, 3.8) is 0 Å². The quantitative estimate of drug-likeness (QED) is 0.763. The van der Waals surface area contributed by atoms with Crippen LogP contribution in [0.25, 0.3) is 11.1 Å². The van der Waals surface area contributed by atoms with Gasteiger partial charge >= 0.3 is 0 Å². The van der Waals surface area contributed by atoms with Crippen LogP contribution in [0.5, 0.6) is 5.75 Å². The maximum Gasteiger partial charge on any atom is 0.257 e. The first-order valence-electron chi connectivity index (χ1n) is 7.06. The number of aromatic amines is 1. The van der Waals surface area contributed by atoms with Crippen LogP contribution in [0.1, 0.15) is 10.4 Å². The summed E-state index contributed by atoms with van der Waals surface area (Å²) in [5.41, 5.74) is 2.31. The number of rotatable bonds is 4. The van der Waals surface area contributed by atoms with Gasteiger partial charge in [-0.3, -0.25) is 4.79 Å². The van der Waals surface area contributed by atoms with Crippen LogP contribution < -0.4 is 10.1 Å². The fraction of sp³-hybridized carbons (Fsp3) is 0.0556. The summed E-state index contributed by atoms with van der Waals surface area (Å²) in [5.74, 6) is -0.862. The smallest absolute Gasteiger partial charge is 0.257 e. The van der Waals surface area contributed by atoms with Crippen molar-refractivity contribution in [1.29, 1.82) is 0 Å². The van der Waals surface area contributed by atoms with E-state index in [-0.39, 0.29) is 11.7 Å². The molecule has 0 saturated heterocycles. The first kappa shape index (κ1) is 14.8. The minimum absolute atomic E-state index is 0.00948. The zero-order valence-corrected chi connectivity index (χ0v) is 12.5. The van der Waals surface area contributed by atoms with Gasteiger partial charge in [0.25, 0.3) is 5.91 Å². The molecule has 3 rings (SSSR count). The largest absolute Gasteiger partial charge is 0.492 e. The molecule has 0 bridgehead atoms. The van der Waals surface area contributed by atoms with Gasteiger partial charge in [-0.15, -0.1) is 0 Å². The Hall–Kier alpha value is -3.08. The average molecular weight is 310 g/mol. The highest BCUT2D eigenvalue weighted by atomic mass is 19.1. The van der Waals surface area contributed by atoms with Crippen LogP contribution in [-0.4, -0.2) is 18.0 Å². The Labute approximate surface area is 132 Å². The number of aromatic nitrogens is 1. The summed E-state index contributed by atoms with van der Waals surface area (Å²) in [6.07, 6.45) is 3.22. The first-order chi connectivity index (χ1) is 11.2. The van der Waals surface area contributed by atoms with E-state index in [2.05, 4.69) is 10.3 Å². The van der Waals surface area contributed by atoms with Crippen LogP contribution in [-0.2, 0) is 0 Å². The summed E-state index contributed by atoms with van der Waals surface area (Å²) < 4.78 is 19.2. The Bertz CT molecular complexity index is 815. The lowest BCUT2D eigenvalue weighted by molar-refractivity contribution is 0.102. The van der Waals surface area contributed by atoms with Gasteiger partial charge in [0.2, 0.25) is 0 Å². The molecule has 0 aliphatic rings. The summed E-state index contributed by atoms with van der Waals surface area (Å²) in [6.45, 7) is 0. The molecule has 4 nitrogen and oxygen atoms in total. The molecule has 5 heteroatoms. The number of hydrogen-bond acceptors (Lipinski definition) is 2. The number of carbonyl (C=O) groups excluding carboxylic acids is 1. The van der Waals surface area contributed by atoms with Crippen molar-refractivity contribution in [2.24, 2.45) is 0 Å². The second-order valence-electron chi connectivity index (χ2n) is 4.92. The molecule has 0 fully saturated rings. The van der Waals surface area contributed by atoms with E-state index in [9.17, 15) is 9.18 Å². The van der Waals surface area contributed by atoms with Gasteiger partial charge in [0.05, 0.1) is 18.4 Å². The second kappa shape index (κ2) is 6.36. The number of carbonyl (C=O) groups is 1. The molecular formula is C18H15FN2O2. The summed E-state index contributed by atoms with van der Waals surface area (Å²) in [4.78, 5) is 15.1. The zero-order valence-electron chi connectivity index (χ0n) is 12.5. The summed E-state index contributed by atoms with van der Waals surface area (Å²) in [5, 5.41) is 2.75. The number of methoxy groups -OCH3 is 1. The molecule has 3 aromatic rings. The van der Waals surface area contributed by atoms with Gasteiger partial charge in [-0.1, -0.05) is 30.3 Å². The van der Waals surface area contributed by atoms with Gasteiger partial charge in [0, 0.05) is 18.0 Å². The molecule has 1 heterocycles. The Morgan fingerprint density at radius 2 is 1.91 bits per heavy atom. The van der Waals surface area contributed by atoms with Gasteiger partial charge in [0.15, 0.2) is 11.6 Å². The highest BCUT2D eigenvalue weighted by Crippen LogP contribution is 2.38. The minimum atomic E-state index is -0.531. The molecule has 1 amide bonds. The number of halogens is 1. The number of anilines is 1. The molecule has 116 valence electrons. The van der Waals surface area contributed by atoms with Crippen molar-refractivity contribution in [1.82, 2.24) is 4.98 Å². The van der Waals surface area contributed by atoms with Crippen LogP contribution in [0.15, 0.2) is 60.9 Å². The monoisotopic (exact) mass is 310 g/mol. The fourth-order valence-electron chi connectivity index (χ4n) is 2.39. The topological polar surface area (TPSA) is 54.1 Å². The molecule has 0 saturated carbocycles. The van der Waals surface area contributed by atoms with Crippen LogP contribution in [0, 0.1) is 5.82 Å². The molecule has 23 heavy (non-hydrogen) atoms. The summed E-state index contributed by atoms with van der Waals surface area (Å²) >= 11 is 0. The number of H-pyrrole nitrogens is 1. The van der Waals surface area contributed by atoms with E-state index >= 15 is 0 Å². The Kier molecular flexibility index (Phi) is 4.10. The lowest BCUT2D eigenvalue weighted by Gasteiger charge is -2.15. The van der Waals surface area contributed by atoms with Gasteiger partial charge < -0.3 is 15.0 Å². The van der Waals surface area contributed by atoms with E-state index in [1.165, 1.54) is 13.2 Å². The number of benzene rings is 2. The van der Waals surface area contributed by atoms with E-state index in [0.717, 1.165) is 5.56 Å². The van der Waals surface area contributed by atoms with Gasteiger partial charge in [-0.05, 0) is 23.8 Å². The van der Waals surface area contributed by atoms with Gasteiger partial charge in [-0.2, -0.15) is 0 Å². The molecule has 0 spiro atoms. The van der Waals surface area contributed by atoms with Crippen molar-refractivity contribution in [2.45, 2.75) is 0 Å². The number of hydrogen-bond donors (Lipinski definition) is 2. The third kappa shape index (κ3) is 2.94. The highest BCUT2D eigenvalue weighted by molar-refractivity contribution is 6.07. The van der Waals surface area contributed by atoms with E-state index in [4.69, 9.17) is 4.74 Å². The van der Waals surface area contributed by atoms with E-state index in [0.29, 0.717) is 16.8 Å². The van der Waals surface area contributed by atoms with Crippen molar-refractivity contribution < 1.29 is 13.9 Å². The Morgan fingerprint density at radius 3 is 2.57 bits per heavy atom. The van der Waals surface area contributed by atoms with Crippen molar-refractivity contribution >= 4 is 11.6 Å². The van der Waals surface area contributed by atoms with Crippen molar-refractivity contribution in [3.05, 3.63) is 72.3 Å². The third-order valence-electron chi connectivity index (χ3n) is 3.50. The number of ether oxygens (including phenoxy) is 1. The molecule has 0 atom stereocenters. The third-order valence-corrected chi connectivity index (χ3v) is 3.50. The maximum atomic E-state index is 14.1. The molecule has 2 aromatic carbocycles. The fourth-order valence-corrected chi connectivity index (χ4v) is 2.39. The maximum absolute atomic E-state index is 14.1. The average Bonchev–Trinajstić information content (AvgIpc) is 3.11. The van der Waals surface area contributed by atoms with Crippen LogP contribution in [0.3, 0.4) is 0 Å². The molecule has 2 N–H and O–H groups in total. The standard InChI is InChI=1S/C18H15FN2O2/c1-23-17-15(19)8-7-14(12-5-3-2-4-6-12)16(17)21-18(22)13-9-10-20-11-13/h2-11,20H,1H3,(H,21,22). The molecule has 0 unspecified atom stereocenters. The Morgan fingerprint density at radius 1 is 1.13 bits per heavy atom. The molecule has 1 aromatic heterocycles. The predicted octanol–water partition coefficient (Wildman–Crippen LogP) is 4.08. The second-order valence-corrected chi connectivity index (χ2v) is 4.92.